The van der Waals surface area contributed by atoms with Crippen LogP contribution in [0.15, 0.2) is 76.4 Å². The average Bonchev–Trinajstić information content (AvgIpc) is 3.01. The first-order valence-electron chi connectivity index (χ1n) is 9.25. The zero-order valence-corrected chi connectivity index (χ0v) is 17.7. The molecule has 7 nitrogen and oxygen atoms in total. The molecule has 8 heteroatoms. The van der Waals surface area contributed by atoms with Crippen molar-refractivity contribution in [3.05, 3.63) is 98.3 Å². The fraction of sp³-hybridized carbons (Fsp3) is 0.0909. The SMILES string of the molecule is Cc1c(C=NNc2ccc([N+](=O)[O-])cn2)c2ccccc2n1Cc1ccc(Br)cc1. The molecule has 150 valence electrons. The monoisotopic (exact) mass is 463 g/mol. The summed E-state index contributed by atoms with van der Waals surface area (Å²) >= 11 is 3.48. The number of nitro groups is 1. The van der Waals surface area contributed by atoms with E-state index in [1.807, 2.05) is 24.3 Å². The van der Waals surface area contributed by atoms with Gasteiger partial charge < -0.3 is 4.57 Å². The summed E-state index contributed by atoms with van der Waals surface area (Å²) in [6, 6.07) is 19.4. The first-order valence-corrected chi connectivity index (χ1v) is 10.0. The Morgan fingerprint density at radius 2 is 1.93 bits per heavy atom. The van der Waals surface area contributed by atoms with Gasteiger partial charge >= 0.3 is 0 Å². The molecule has 4 aromatic rings. The van der Waals surface area contributed by atoms with E-state index in [9.17, 15) is 10.1 Å². The number of hydrogen-bond acceptors (Lipinski definition) is 5. The third-order valence-corrected chi connectivity index (χ3v) is 5.39. The number of hydrogen-bond donors (Lipinski definition) is 1. The smallest absolute Gasteiger partial charge is 0.287 e. The zero-order valence-electron chi connectivity index (χ0n) is 16.1. The van der Waals surface area contributed by atoms with Crippen LogP contribution in [0.3, 0.4) is 0 Å². The van der Waals surface area contributed by atoms with Gasteiger partial charge in [0.25, 0.3) is 5.69 Å². The van der Waals surface area contributed by atoms with Gasteiger partial charge in [0.15, 0.2) is 0 Å². The minimum absolute atomic E-state index is 0.0589. The van der Waals surface area contributed by atoms with E-state index >= 15 is 0 Å². The largest absolute Gasteiger partial charge is 0.340 e. The highest BCUT2D eigenvalue weighted by molar-refractivity contribution is 9.10. The molecule has 0 bridgehead atoms. The van der Waals surface area contributed by atoms with Crippen LogP contribution in [0.2, 0.25) is 0 Å². The summed E-state index contributed by atoms with van der Waals surface area (Å²) in [7, 11) is 0. The Balaban J connectivity index is 1.62. The Morgan fingerprint density at radius 1 is 1.17 bits per heavy atom. The van der Waals surface area contributed by atoms with Gasteiger partial charge in [0.1, 0.15) is 12.0 Å². The molecule has 2 heterocycles. The Kier molecular flexibility index (Phi) is 5.58. The molecule has 0 aliphatic heterocycles. The van der Waals surface area contributed by atoms with Crippen LogP contribution in [-0.4, -0.2) is 20.7 Å². The van der Waals surface area contributed by atoms with Gasteiger partial charge in [-0.25, -0.2) is 4.98 Å². The Hall–Kier alpha value is -3.52. The molecule has 0 spiro atoms. The lowest BCUT2D eigenvalue weighted by atomic mass is 10.1. The fourth-order valence-corrected chi connectivity index (χ4v) is 3.58. The van der Waals surface area contributed by atoms with Gasteiger partial charge in [-0.2, -0.15) is 5.10 Å². The van der Waals surface area contributed by atoms with Crippen LogP contribution in [-0.2, 0) is 6.54 Å². The van der Waals surface area contributed by atoms with Gasteiger partial charge in [-0.15, -0.1) is 0 Å². The number of anilines is 1. The standard InChI is InChI=1S/C22H18BrN5O2/c1-15-20(13-25-26-22-11-10-18(12-24-22)28(29)30)19-4-2-3-5-21(19)27(15)14-16-6-8-17(23)9-7-16/h2-13H,14H2,1H3,(H,24,26). The molecule has 2 aromatic carbocycles. The quantitative estimate of drug-likeness (QED) is 0.232. The maximum atomic E-state index is 10.7. The molecule has 4 rings (SSSR count). The number of fused-ring (bicyclic) bond motifs is 1. The van der Waals surface area contributed by atoms with Crippen LogP contribution < -0.4 is 5.43 Å². The number of para-hydroxylation sites is 1. The van der Waals surface area contributed by atoms with Crippen molar-refractivity contribution in [1.29, 1.82) is 0 Å². The maximum Gasteiger partial charge on any atom is 0.287 e. The van der Waals surface area contributed by atoms with Gasteiger partial charge in [0.2, 0.25) is 0 Å². The maximum absolute atomic E-state index is 10.7. The number of benzene rings is 2. The summed E-state index contributed by atoms with van der Waals surface area (Å²) in [5.41, 5.74) is 7.23. The van der Waals surface area contributed by atoms with Crippen LogP contribution in [0, 0.1) is 17.0 Å². The van der Waals surface area contributed by atoms with E-state index in [0.717, 1.165) is 33.2 Å². The van der Waals surface area contributed by atoms with Gasteiger partial charge in [-0.1, -0.05) is 46.3 Å². The van der Waals surface area contributed by atoms with Crippen molar-refractivity contribution in [1.82, 2.24) is 9.55 Å². The van der Waals surface area contributed by atoms with Crippen molar-refractivity contribution >= 4 is 44.6 Å². The van der Waals surface area contributed by atoms with Gasteiger partial charge in [-0.3, -0.25) is 15.5 Å². The van der Waals surface area contributed by atoms with E-state index in [1.165, 1.54) is 23.9 Å². The number of aromatic nitrogens is 2. The molecule has 0 fully saturated rings. The van der Waals surface area contributed by atoms with Crippen LogP contribution >= 0.6 is 15.9 Å². The molecule has 0 saturated carbocycles. The highest BCUT2D eigenvalue weighted by Crippen LogP contribution is 2.26. The number of rotatable bonds is 6. The normalized spacial score (nSPS) is 11.3. The van der Waals surface area contributed by atoms with Crippen LogP contribution in [0.25, 0.3) is 10.9 Å². The second kappa shape index (κ2) is 8.46. The third-order valence-electron chi connectivity index (χ3n) is 4.87. The Bertz CT molecular complexity index is 1230. The van der Waals surface area contributed by atoms with E-state index in [0.29, 0.717) is 5.82 Å². The first-order chi connectivity index (χ1) is 14.5. The molecule has 0 saturated heterocycles. The second-order valence-corrected chi connectivity index (χ2v) is 7.67. The van der Waals surface area contributed by atoms with E-state index in [-0.39, 0.29) is 5.69 Å². The molecule has 0 aliphatic carbocycles. The topological polar surface area (TPSA) is 85.3 Å². The van der Waals surface area contributed by atoms with Crippen LogP contribution in [0.1, 0.15) is 16.8 Å². The lowest BCUT2D eigenvalue weighted by Gasteiger charge is -2.09. The summed E-state index contributed by atoms with van der Waals surface area (Å²) in [5.74, 6) is 0.438. The summed E-state index contributed by atoms with van der Waals surface area (Å²) in [6.07, 6.45) is 2.96. The van der Waals surface area contributed by atoms with Crippen molar-refractivity contribution in [3.63, 3.8) is 0 Å². The van der Waals surface area contributed by atoms with E-state index in [1.54, 1.807) is 6.21 Å². The molecule has 1 N–H and O–H groups in total. The highest BCUT2D eigenvalue weighted by Gasteiger charge is 2.13. The van der Waals surface area contributed by atoms with Crippen molar-refractivity contribution in [3.8, 4) is 0 Å². The predicted octanol–water partition coefficient (Wildman–Crippen LogP) is 5.51. The van der Waals surface area contributed by atoms with Crippen molar-refractivity contribution in [2.24, 2.45) is 5.10 Å². The Labute approximate surface area is 181 Å². The van der Waals surface area contributed by atoms with Crippen molar-refractivity contribution in [2.45, 2.75) is 13.5 Å². The molecule has 2 aromatic heterocycles. The van der Waals surface area contributed by atoms with Gasteiger partial charge in [-0.05, 0) is 36.8 Å². The molecule has 0 radical (unpaired) electrons. The average molecular weight is 464 g/mol. The number of halogens is 1. The predicted molar refractivity (Wildman–Crippen MR) is 122 cm³/mol. The van der Waals surface area contributed by atoms with Crippen LogP contribution in [0.5, 0.6) is 0 Å². The molecule has 0 amide bonds. The van der Waals surface area contributed by atoms with E-state index in [2.05, 4.69) is 67.2 Å². The molecule has 30 heavy (non-hydrogen) atoms. The molecule has 0 aliphatic rings. The lowest BCUT2D eigenvalue weighted by Crippen LogP contribution is -2.02. The van der Waals surface area contributed by atoms with Crippen molar-refractivity contribution in [2.75, 3.05) is 5.43 Å². The minimum atomic E-state index is -0.482. The first kappa shape index (κ1) is 19.8. The number of nitrogens with one attached hydrogen (secondary N) is 1. The van der Waals surface area contributed by atoms with E-state index < -0.39 is 4.92 Å². The number of pyridine rings is 1. The van der Waals surface area contributed by atoms with Crippen LogP contribution in [0.4, 0.5) is 11.5 Å². The minimum Gasteiger partial charge on any atom is -0.340 e. The number of nitrogens with zero attached hydrogens (tertiary/aromatic N) is 4. The Morgan fingerprint density at radius 3 is 2.63 bits per heavy atom. The summed E-state index contributed by atoms with van der Waals surface area (Å²) in [6.45, 7) is 2.83. The summed E-state index contributed by atoms with van der Waals surface area (Å²) in [5, 5.41) is 16.1. The molecular formula is C22H18BrN5O2. The fourth-order valence-electron chi connectivity index (χ4n) is 3.32. The van der Waals surface area contributed by atoms with Crippen molar-refractivity contribution < 1.29 is 4.92 Å². The van der Waals surface area contributed by atoms with Gasteiger partial charge in [0, 0.05) is 39.2 Å². The number of hydrazone groups is 1. The van der Waals surface area contributed by atoms with Gasteiger partial charge in [0.05, 0.1) is 11.1 Å². The summed E-state index contributed by atoms with van der Waals surface area (Å²) < 4.78 is 3.32. The highest BCUT2D eigenvalue weighted by atomic mass is 79.9. The molecular weight excluding hydrogens is 446 g/mol. The molecule has 0 atom stereocenters. The second-order valence-electron chi connectivity index (χ2n) is 6.76. The summed E-state index contributed by atoms with van der Waals surface area (Å²) in [4.78, 5) is 14.3. The third kappa shape index (κ3) is 4.08. The lowest BCUT2D eigenvalue weighted by molar-refractivity contribution is -0.385. The van der Waals surface area contributed by atoms with E-state index in [4.69, 9.17) is 0 Å². The zero-order chi connectivity index (χ0) is 21.1. The molecule has 0 unspecified atom stereocenters.